The molecule has 0 saturated carbocycles. The van der Waals surface area contributed by atoms with Crippen LogP contribution >= 0.6 is 0 Å². The van der Waals surface area contributed by atoms with Gasteiger partial charge in [0, 0.05) is 18.8 Å². The normalized spacial score (nSPS) is 10.5. The van der Waals surface area contributed by atoms with Crippen molar-refractivity contribution in [2.24, 2.45) is 0 Å². The number of aromatic nitrogens is 3. The van der Waals surface area contributed by atoms with Gasteiger partial charge in [-0.1, -0.05) is 5.16 Å². The molecule has 2 aromatic rings. The summed E-state index contributed by atoms with van der Waals surface area (Å²) in [5.74, 6) is 0.316. The molecule has 8 nitrogen and oxygen atoms in total. The topological polar surface area (TPSA) is 104 Å². The highest BCUT2D eigenvalue weighted by atomic mass is 16.5. The molecule has 0 aromatic carbocycles. The number of rotatable bonds is 4. The molecular weight excluding hydrogens is 274 g/mol. The van der Waals surface area contributed by atoms with Gasteiger partial charge in [-0.2, -0.15) is 5.10 Å². The minimum absolute atomic E-state index is 0.0885. The quantitative estimate of drug-likeness (QED) is 0.875. The van der Waals surface area contributed by atoms with Crippen molar-refractivity contribution >= 4 is 17.6 Å². The van der Waals surface area contributed by atoms with E-state index in [9.17, 15) is 9.59 Å². The Morgan fingerprint density at radius 2 is 2.10 bits per heavy atom. The minimum atomic E-state index is -0.349. The molecule has 0 fully saturated rings. The van der Waals surface area contributed by atoms with E-state index in [-0.39, 0.29) is 18.4 Å². The Labute approximate surface area is 121 Å². The molecular formula is C13H17N5O3. The number of aromatic amines is 1. The highest BCUT2D eigenvalue weighted by molar-refractivity contribution is 6.00. The third-order valence-corrected chi connectivity index (χ3v) is 2.96. The lowest BCUT2D eigenvalue weighted by atomic mass is 10.2. The number of carbonyl (C=O) groups excluding carboxylic acids is 2. The van der Waals surface area contributed by atoms with Crippen molar-refractivity contribution in [1.82, 2.24) is 20.3 Å². The predicted octanol–water partition coefficient (Wildman–Crippen LogP) is 1.03. The number of amides is 2. The maximum Gasteiger partial charge on any atom is 0.257 e. The smallest absolute Gasteiger partial charge is 0.257 e. The molecule has 0 unspecified atom stereocenters. The summed E-state index contributed by atoms with van der Waals surface area (Å²) in [6.45, 7) is 5.14. The highest BCUT2D eigenvalue weighted by Crippen LogP contribution is 2.12. The van der Waals surface area contributed by atoms with Gasteiger partial charge in [-0.25, -0.2) is 0 Å². The Kier molecular flexibility index (Phi) is 4.06. The second-order valence-corrected chi connectivity index (χ2v) is 4.84. The van der Waals surface area contributed by atoms with Crippen molar-refractivity contribution in [2.75, 3.05) is 18.9 Å². The number of nitrogens with zero attached hydrogens (tertiary/aromatic N) is 3. The van der Waals surface area contributed by atoms with Crippen LogP contribution in [0.4, 0.5) is 5.82 Å². The van der Waals surface area contributed by atoms with E-state index in [1.165, 1.54) is 4.90 Å². The fourth-order valence-electron chi connectivity index (χ4n) is 1.95. The predicted molar refractivity (Wildman–Crippen MR) is 74.9 cm³/mol. The number of carbonyl (C=O) groups is 2. The molecule has 0 bridgehead atoms. The standard InChI is InChI=1S/C13H17N5O3/c1-7-5-10(17-21-7)14-11(19)6-18(4)13(20)12-8(2)15-16-9(12)3/h5H,6H2,1-4H3,(H,15,16)(H,14,17,19). The van der Waals surface area contributed by atoms with Crippen LogP contribution in [-0.2, 0) is 4.79 Å². The largest absolute Gasteiger partial charge is 0.360 e. The lowest BCUT2D eigenvalue weighted by molar-refractivity contribution is -0.116. The van der Waals surface area contributed by atoms with Gasteiger partial charge in [-0.15, -0.1) is 0 Å². The summed E-state index contributed by atoms with van der Waals surface area (Å²) in [5, 5.41) is 12.9. The molecule has 0 radical (unpaired) electrons. The van der Waals surface area contributed by atoms with Crippen molar-refractivity contribution in [3.63, 3.8) is 0 Å². The average Bonchev–Trinajstić information content (AvgIpc) is 2.95. The van der Waals surface area contributed by atoms with Crippen molar-refractivity contribution in [1.29, 1.82) is 0 Å². The van der Waals surface area contributed by atoms with Gasteiger partial charge in [-0.3, -0.25) is 14.7 Å². The first-order valence-corrected chi connectivity index (χ1v) is 6.38. The molecule has 0 saturated heterocycles. The first kappa shape index (κ1) is 14.8. The molecule has 8 heteroatoms. The molecule has 2 heterocycles. The monoisotopic (exact) mass is 291 g/mol. The third kappa shape index (κ3) is 3.28. The van der Waals surface area contributed by atoms with E-state index in [1.807, 2.05) is 0 Å². The third-order valence-electron chi connectivity index (χ3n) is 2.96. The Balaban J connectivity index is 1.99. The molecule has 112 valence electrons. The van der Waals surface area contributed by atoms with Crippen LogP contribution in [0.25, 0.3) is 0 Å². The minimum Gasteiger partial charge on any atom is -0.360 e. The van der Waals surface area contributed by atoms with Gasteiger partial charge in [0.05, 0.1) is 17.8 Å². The molecule has 0 aliphatic rings. The van der Waals surface area contributed by atoms with E-state index < -0.39 is 0 Å². The summed E-state index contributed by atoms with van der Waals surface area (Å²) in [7, 11) is 1.56. The van der Waals surface area contributed by atoms with E-state index in [2.05, 4.69) is 20.7 Å². The van der Waals surface area contributed by atoms with Crippen LogP contribution in [0.5, 0.6) is 0 Å². The Bertz CT molecular complexity index is 654. The van der Waals surface area contributed by atoms with Crippen molar-refractivity contribution < 1.29 is 14.1 Å². The fraction of sp³-hybridized carbons (Fsp3) is 0.385. The van der Waals surface area contributed by atoms with Crippen LogP contribution in [-0.4, -0.2) is 45.7 Å². The summed E-state index contributed by atoms with van der Waals surface area (Å²) < 4.78 is 4.85. The molecule has 21 heavy (non-hydrogen) atoms. The Morgan fingerprint density at radius 3 is 2.62 bits per heavy atom. The van der Waals surface area contributed by atoms with E-state index in [1.54, 1.807) is 33.9 Å². The number of H-pyrrole nitrogens is 1. The number of nitrogens with one attached hydrogen (secondary N) is 2. The zero-order valence-electron chi connectivity index (χ0n) is 12.4. The molecule has 0 aliphatic carbocycles. The lowest BCUT2D eigenvalue weighted by Crippen LogP contribution is -2.35. The maximum atomic E-state index is 12.3. The van der Waals surface area contributed by atoms with Crippen molar-refractivity contribution in [3.05, 3.63) is 28.8 Å². The zero-order chi connectivity index (χ0) is 15.6. The van der Waals surface area contributed by atoms with Crippen LogP contribution in [0.2, 0.25) is 0 Å². The van der Waals surface area contributed by atoms with Crippen LogP contribution in [0.15, 0.2) is 10.6 Å². The molecule has 2 N–H and O–H groups in total. The van der Waals surface area contributed by atoms with Gasteiger partial charge >= 0.3 is 0 Å². The summed E-state index contributed by atoms with van der Waals surface area (Å²) >= 11 is 0. The van der Waals surface area contributed by atoms with Crippen molar-refractivity contribution in [3.8, 4) is 0 Å². The van der Waals surface area contributed by atoms with Crippen LogP contribution in [0.3, 0.4) is 0 Å². The average molecular weight is 291 g/mol. The molecule has 2 aromatic heterocycles. The maximum absolute atomic E-state index is 12.3. The number of likely N-dealkylation sites (N-methyl/N-ethyl adjacent to an activating group) is 1. The first-order valence-electron chi connectivity index (χ1n) is 6.38. The van der Waals surface area contributed by atoms with Gasteiger partial charge in [0.2, 0.25) is 5.91 Å². The lowest BCUT2D eigenvalue weighted by Gasteiger charge is -2.16. The van der Waals surface area contributed by atoms with Crippen molar-refractivity contribution in [2.45, 2.75) is 20.8 Å². The molecule has 2 amide bonds. The Morgan fingerprint density at radius 1 is 1.38 bits per heavy atom. The number of aryl methyl sites for hydroxylation is 3. The van der Waals surface area contributed by atoms with E-state index in [0.29, 0.717) is 28.5 Å². The van der Waals surface area contributed by atoms with E-state index >= 15 is 0 Å². The number of hydrogen-bond acceptors (Lipinski definition) is 5. The molecule has 0 spiro atoms. The van der Waals surface area contributed by atoms with E-state index in [0.717, 1.165) is 0 Å². The summed E-state index contributed by atoms with van der Waals surface area (Å²) in [4.78, 5) is 25.5. The van der Waals surface area contributed by atoms with Gasteiger partial charge in [0.1, 0.15) is 5.76 Å². The second kappa shape index (κ2) is 5.78. The van der Waals surface area contributed by atoms with Crippen LogP contribution < -0.4 is 5.32 Å². The SMILES string of the molecule is Cc1cc(NC(=O)CN(C)C(=O)c2c(C)n[nH]c2C)no1. The van der Waals surface area contributed by atoms with Gasteiger partial charge < -0.3 is 14.7 Å². The Hall–Kier alpha value is -2.64. The van der Waals surface area contributed by atoms with Crippen LogP contribution in [0.1, 0.15) is 27.5 Å². The fourth-order valence-corrected chi connectivity index (χ4v) is 1.95. The molecule has 0 atom stereocenters. The summed E-state index contributed by atoms with van der Waals surface area (Å²) in [6, 6.07) is 1.60. The summed E-state index contributed by atoms with van der Waals surface area (Å²) in [6.07, 6.45) is 0. The first-order chi connectivity index (χ1) is 9.88. The van der Waals surface area contributed by atoms with Gasteiger partial charge in [0.25, 0.3) is 5.91 Å². The van der Waals surface area contributed by atoms with Gasteiger partial charge in [-0.05, 0) is 20.8 Å². The highest BCUT2D eigenvalue weighted by Gasteiger charge is 2.21. The van der Waals surface area contributed by atoms with Gasteiger partial charge in [0.15, 0.2) is 5.82 Å². The number of hydrogen-bond donors (Lipinski definition) is 2. The zero-order valence-corrected chi connectivity index (χ0v) is 12.4. The molecule has 2 rings (SSSR count). The second-order valence-electron chi connectivity index (χ2n) is 4.84. The summed E-state index contributed by atoms with van der Waals surface area (Å²) in [5.41, 5.74) is 1.77. The molecule has 0 aliphatic heterocycles. The van der Waals surface area contributed by atoms with E-state index in [4.69, 9.17) is 4.52 Å². The van der Waals surface area contributed by atoms with Crippen LogP contribution in [0, 0.1) is 20.8 Å². The number of anilines is 1.